The molecule has 0 amide bonds. The van der Waals surface area contributed by atoms with Crippen LogP contribution in [0.4, 0.5) is 0 Å². The number of rotatable bonds is 5. The molecule has 0 aromatic heterocycles. The van der Waals surface area contributed by atoms with Crippen LogP contribution in [-0.4, -0.2) is 18.5 Å². The minimum atomic E-state index is -0.763. The minimum Gasteiger partial charge on any atom is -0.463 e. The van der Waals surface area contributed by atoms with Gasteiger partial charge in [0.1, 0.15) is 23.2 Å². The fourth-order valence-electron chi connectivity index (χ4n) is 3.98. The largest absolute Gasteiger partial charge is 0.463 e. The van der Waals surface area contributed by atoms with Gasteiger partial charge in [-0.3, -0.25) is 0 Å². The Kier molecular flexibility index (Phi) is 6.33. The van der Waals surface area contributed by atoms with Gasteiger partial charge in [0.15, 0.2) is 0 Å². The summed E-state index contributed by atoms with van der Waals surface area (Å²) in [5, 5.41) is 11.4. The van der Waals surface area contributed by atoms with Crippen molar-refractivity contribution in [2.45, 2.75) is 19.8 Å². The van der Waals surface area contributed by atoms with E-state index in [4.69, 9.17) is 19.9 Å². The average Bonchev–Trinajstić information content (AvgIpc) is 2.84. The van der Waals surface area contributed by atoms with E-state index >= 15 is 0 Å². The summed E-state index contributed by atoms with van der Waals surface area (Å²) in [5.41, 5.74) is 7.30. The Bertz CT molecular complexity index is 1370. The number of nitrogens with two attached hydrogens (primary N) is 1. The molecular weight excluding hydrogens is 432 g/mol. The maximum atomic E-state index is 12.8. The van der Waals surface area contributed by atoms with Crippen LogP contribution in [0.15, 0.2) is 89.5 Å². The highest BCUT2D eigenvalue weighted by Crippen LogP contribution is 2.40. The Balaban J connectivity index is 1.64. The highest BCUT2D eigenvalue weighted by Gasteiger charge is 2.36. The second kappa shape index (κ2) is 9.51. The smallest absolute Gasteiger partial charge is 0.344 e. The molecule has 0 radical (unpaired) electrons. The number of allylic oxidation sites excluding steroid dienone is 2. The van der Waals surface area contributed by atoms with E-state index in [0.717, 1.165) is 10.8 Å². The standard InChI is InChI=1S/C27H22N2O5/c1-3-32-27(31)23-16(2)33-25(29)22(15-28)24(23)18-11-13-19(14-12-18)34-26(30)21-10-6-8-17-7-4-5-9-20(17)21/h4-14,24H,3,29H2,1-2H3. The molecule has 1 aliphatic heterocycles. The molecule has 3 aromatic rings. The predicted octanol–water partition coefficient (Wildman–Crippen LogP) is 4.70. The predicted molar refractivity (Wildman–Crippen MR) is 125 cm³/mol. The van der Waals surface area contributed by atoms with Crippen LogP contribution in [0, 0.1) is 11.3 Å². The van der Waals surface area contributed by atoms with E-state index < -0.39 is 17.9 Å². The topological polar surface area (TPSA) is 112 Å². The van der Waals surface area contributed by atoms with Gasteiger partial charge in [-0.1, -0.05) is 48.5 Å². The van der Waals surface area contributed by atoms with Crippen molar-refractivity contribution in [1.29, 1.82) is 5.26 Å². The van der Waals surface area contributed by atoms with Crippen molar-refractivity contribution in [2.75, 3.05) is 6.61 Å². The minimum absolute atomic E-state index is 0.0653. The highest BCUT2D eigenvalue weighted by molar-refractivity contribution is 6.05. The first kappa shape index (κ1) is 22.6. The van der Waals surface area contributed by atoms with Gasteiger partial charge in [0.05, 0.1) is 23.7 Å². The lowest BCUT2D eigenvalue weighted by Gasteiger charge is -2.26. The van der Waals surface area contributed by atoms with Crippen LogP contribution in [0.1, 0.15) is 35.7 Å². The van der Waals surface area contributed by atoms with Crippen molar-refractivity contribution in [3.63, 3.8) is 0 Å². The molecule has 0 fully saturated rings. The first-order valence-corrected chi connectivity index (χ1v) is 10.7. The molecule has 0 saturated carbocycles. The second-order valence-corrected chi connectivity index (χ2v) is 7.60. The van der Waals surface area contributed by atoms with Gasteiger partial charge in [0.2, 0.25) is 5.88 Å². The number of esters is 2. The number of ether oxygens (including phenoxy) is 3. The molecule has 170 valence electrons. The van der Waals surface area contributed by atoms with Crippen LogP contribution in [-0.2, 0) is 14.3 Å². The maximum absolute atomic E-state index is 12.8. The van der Waals surface area contributed by atoms with Gasteiger partial charge in [-0.05, 0) is 48.4 Å². The summed E-state index contributed by atoms with van der Waals surface area (Å²) in [6.07, 6.45) is 0. The van der Waals surface area contributed by atoms with Crippen LogP contribution < -0.4 is 10.5 Å². The van der Waals surface area contributed by atoms with E-state index in [-0.39, 0.29) is 29.4 Å². The fraction of sp³-hybridized carbons (Fsp3) is 0.148. The second-order valence-electron chi connectivity index (χ2n) is 7.60. The summed E-state index contributed by atoms with van der Waals surface area (Å²) in [6.45, 7) is 3.47. The number of nitriles is 1. The summed E-state index contributed by atoms with van der Waals surface area (Å²) in [7, 11) is 0. The van der Waals surface area contributed by atoms with Gasteiger partial charge in [0, 0.05) is 0 Å². The van der Waals surface area contributed by atoms with Gasteiger partial charge in [-0.25, -0.2) is 9.59 Å². The Hall–Kier alpha value is -4.57. The normalized spacial score (nSPS) is 15.5. The van der Waals surface area contributed by atoms with E-state index in [1.165, 1.54) is 0 Å². The summed E-state index contributed by atoms with van der Waals surface area (Å²) in [5.74, 6) is -1.31. The zero-order valence-electron chi connectivity index (χ0n) is 18.7. The van der Waals surface area contributed by atoms with Gasteiger partial charge in [0.25, 0.3) is 0 Å². The van der Waals surface area contributed by atoms with E-state index in [9.17, 15) is 14.9 Å². The van der Waals surface area contributed by atoms with Gasteiger partial charge in [-0.15, -0.1) is 0 Å². The van der Waals surface area contributed by atoms with Gasteiger partial charge < -0.3 is 19.9 Å². The van der Waals surface area contributed by atoms with Crippen LogP contribution in [0.5, 0.6) is 5.75 Å². The molecule has 7 nitrogen and oxygen atoms in total. The maximum Gasteiger partial charge on any atom is 0.344 e. The van der Waals surface area contributed by atoms with Crippen LogP contribution in [0.25, 0.3) is 10.8 Å². The van der Waals surface area contributed by atoms with Crippen LogP contribution in [0.2, 0.25) is 0 Å². The van der Waals surface area contributed by atoms with Crippen LogP contribution in [0.3, 0.4) is 0 Å². The lowest BCUT2D eigenvalue weighted by molar-refractivity contribution is -0.139. The molecular formula is C27H22N2O5. The Morgan fingerprint density at radius 1 is 1.03 bits per heavy atom. The van der Waals surface area contributed by atoms with Crippen LogP contribution >= 0.6 is 0 Å². The number of carbonyl (C=O) groups is 2. The van der Waals surface area contributed by atoms with Crippen molar-refractivity contribution in [3.05, 3.63) is 101 Å². The number of fused-ring (bicyclic) bond motifs is 1. The third kappa shape index (κ3) is 4.21. The van der Waals surface area contributed by atoms with E-state index in [0.29, 0.717) is 16.9 Å². The summed E-state index contributed by atoms with van der Waals surface area (Å²) < 4.78 is 16.2. The van der Waals surface area contributed by atoms with Crippen molar-refractivity contribution in [1.82, 2.24) is 0 Å². The van der Waals surface area contributed by atoms with Crippen molar-refractivity contribution >= 4 is 22.7 Å². The SMILES string of the molecule is CCOC(=O)C1=C(C)OC(N)=C(C#N)C1c1ccc(OC(=O)c2cccc3ccccc23)cc1. The summed E-state index contributed by atoms with van der Waals surface area (Å²) in [4.78, 5) is 25.5. The van der Waals surface area contributed by atoms with Crippen molar-refractivity contribution in [3.8, 4) is 11.8 Å². The molecule has 1 aliphatic rings. The summed E-state index contributed by atoms with van der Waals surface area (Å²) in [6, 6.07) is 21.6. The van der Waals surface area contributed by atoms with Crippen molar-refractivity contribution < 1.29 is 23.8 Å². The molecule has 1 heterocycles. The van der Waals surface area contributed by atoms with Crippen molar-refractivity contribution in [2.24, 2.45) is 5.73 Å². The molecule has 1 atom stereocenters. The first-order chi connectivity index (χ1) is 16.4. The molecule has 7 heteroatoms. The first-order valence-electron chi connectivity index (χ1n) is 10.7. The Labute approximate surface area is 196 Å². The van der Waals surface area contributed by atoms with E-state index in [2.05, 4.69) is 0 Å². The zero-order valence-corrected chi connectivity index (χ0v) is 18.7. The van der Waals surface area contributed by atoms with E-state index in [1.54, 1.807) is 50.2 Å². The quantitative estimate of drug-likeness (QED) is 0.439. The third-order valence-electron chi connectivity index (χ3n) is 5.53. The summed E-state index contributed by atoms with van der Waals surface area (Å²) >= 11 is 0. The fourth-order valence-corrected chi connectivity index (χ4v) is 3.98. The lowest BCUT2D eigenvalue weighted by Crippen LogP contribution is -2.25. The molecule has 0 aliphatic carbocycles. The molecule has 0 spiro atoms. The Morgan fingerprint density at radius 3 is 2.44 bits per heavy atom. The number of hydrogen-bond donors (Lipinski definition) is 1. The molecule has 3 aromatic carbocycles. The molecule has 1 unspecified atom stereocenters. The molecule has 2 N–H and O–H groups in total. The average molecular weight is 454 g/mol. The monoisotopic (exact) mass is 454 g/mol. The highest BCUT2D eigenvalue weighted by atomic mass is 16.5. The lowest BCUT2D eigenvalue weighted by atomic mass is 9.83. The van der Waals surface area contributed by atoms with E-state index in [1.807, 2.05) is 36.4 Å². The number of carbonyl (C=O) groups excluding carboxylic acids is 2. The number of nitrogens with zero attached hydrogens (tertiary/aromatic N) is 1. The third-order valence-corrected chi connectivity index (χ3v) is 5.53. The Morgan fingerprint density at radius 2 is 1.74 bits per heavy atom. The zero-order chi connectivity index (χ0) is 24.2. The molecule has 4 rings (SSSR count). The molecule has 0 saturated heterocycles. The van der Waals surface area contributed by atoms with Gasteiger partial charge in [-0.2, -0.15) is 5.26 Å². The molecule has 0 bridgehead atoms. The number of hydrogen-bond acceptors (Lipinski definition) is 7. The number of benzene rings is 3. The molecule has 34 heavy (non-hydrogen) atoms. The van der Waals surface area contributed by atoms with Gasteiger partial charge >= 0.3 is 11.9 Å².